The molecule has 0 unspecified atom stereocenters. The Morgan fingerprint density at radius 3 is 2.68 bits per heavy atom. The highest BCUT2D eigenvalue weighted by molar-refractivity contribution is 9.10. The van der Waals surface area contributed by atoms with Crippen molar-refractivity contribution >= 4 is 27.5 Å². The van der Waals surface area contributed by atoms with Crippen LogP contribution in [-0.4, -0.2) is 19.6 Å². The first-order valence-electron chi connectivity index (χ1n) is 8.51. The number of benzene rings is 2. The molecule has 0 radical (unpaired) electrons. The molecule has 2 aromatic rings. The monoisotopic (exact) mass is 405 g/mol. The first-order chi connectivity index (χ1) is 12.1. The lowest BCUT2D eigenvalue weighted by atomic mass is 10.2. The molecule has 0 saturated heterocycles. The van der Waals surface area contributed by atoms with E-state index in [1.54, 1.807) is 25.3 Å². The van der Waals surface area contributed by atoms with Crippen LogP contribution in [0.15, 0.2) is 46.9 Å². The SMILES string of the molecule is CCCCCCOc1ccc(C(=O)Nc2cccc(OC)c2)cc1Br. The topological polar surface area (TPSA) is 47.6 Å². The molecule has 0 bridgehead atoms. The number of anilines is 1. The minimum Gasteiger partial charge on any atom is -0.497 e. The van der Waals surface area contributed by atoms with Crippen LogP contribution in [0, 0.1) is 0 Å². The van der Waals surface area contributed by atoms with Crippen LogP contribution in [-0.2, 0) is 0 Å². The van der Waals surface area contributed by atoms with Gasteiger partial charge in [0.2, 0.25) is 0 Å². The first-order valence-corrected chi connectivity index (χ1v) is 9.31. The maximum absolute atomic E-state index is 12.4. The van der Waals surface area contributed by atoms with Crippen molar-refractivity contribution in [3.05, 3.63) is 52.5 Å². The average molecular weight is 406 g/mol. The highest BCUT2D eigenvalue weighted by Gasteiger charge is 2.10. The molecule has 0 aliphatic carbocycles. The third kappa shape index (κ3) is 6.09. The number of ether oxygens (including phenoxy) is 2. The maximum Gasteiger partial charge on any atom is 0.255 e. The van der Waals surface area contributed by atoms with Crippen molar-refractivity contribution in [3.63, 3.8) is 0 Å². The zero-order chi connectivity index (χ0) is 18.1. The fourth-order valence-corrected chi connectivity index (χ4v) is 2.87. The minimum absolute atomic E-state index is 0.177. The van der Waals surface area contributed by atoms with E-state index in [1.807, 2.05) is 24.3 Å². The molecule has 4 nitrogen and oxygen atoms in total. The summed E-state index contributed by atoms with van der Waals surface area (Å²) in [5.74, 6) is 1.28. The second kappa shape index (κ2) is 10.1. The third-order valence-electron chi connectivity index (χ3n) is 3.78. The van der Waals surface area contributed by atoms with Gasteiger partial charge in [0.15, 0.2) is 0 Å². The molecule has 5 heteroatoms. The molecule has 0 atom stereocenters. The molecule has 0 aromatic heterocycles. The van der Waals surface area contributed by atoms with Crippen molar-refractivity contribution in [3.8, 4) is 11.5 Å². The van der Waals surface area contributed by atoms with Crippen LogP contribution in [0.1, 0.15) is 43.0 Å². The number of nitrogens with one attached hydrogen (secondary N) is 1. The Balaban J connectivity index is 1.95. The van der Waals surface area contributed by atoms with Gasteiger partial charge >= 0.3 is 0 Å². The number of unbranched alkanes of at least 4 members (excludes halogenated alkanes) is 3. The molecule has 1 N–H and O–H groups in total. The Kier molecular flexibility index (Phi) is 7.79. The Labute approximate surface area is 157 Å². The maximum atomic E-state index is 12.4. The molecule has 134 valence electrons. The van der Waals surface area contributed by atoms with Crippen LogP contribution in [0.25, 0.3) is 0 Å². The molecule has 0 aliphatic rings. The Hall–Kier alpha value is -2.01. The van der Waals surface area contributed by atoms with Crippen LogP contribution in [0.3, 0.4) is 0 Å². The number of rotatable bonds is 9. The Morgan fingerprint density at radius 2 is 1.96 bits per heavy atom. The Bertz CT molecular complexity index is 703. The van der Waals surface area contributed by atoms with Crippen LogP contribution >= 0.6 is 15.9 Å². The van der Waals surface area contributed by atoms with E-state index in [0.29, 0.717) is 23.6 Å². The van der Waals surface area contributed by atoms with Gasteiger partial charge in [-0.05, 0) is 52.7 Å². The summed E-state index contributed by atoms with van der Waals surface area (Å²) < 4.78 is 11.7. The van der Waals surface area contributed by atoms with Gasteiger partial charge < -0.3 is 14.8 Å². The standard InChI is InChI=1S/C20H24BrNO3/c1-3-4-5-6-12-25-19-11-10-15(13-18(19)21)20(23)22-16-8-7-9-17(14-16)24-2/h7-11,13-14H,3-6,12H2,1-2H3,(H,22,23). The summed E-state index contributed by atoms with van der Waals surface area (Å²) in [5, 5.41) is 2.87. The highest BCUT2D eigenvalue weighted by Crippen LogP contribution is 2.27. The van der Waals surface area contributed by atoms with Crippen molar-refractivity contribution in [2.24, 2.45) is 0 Å². The lowest BCUT2D eigenvalue weighted by Gasteiger charge is -2.10. The van der Waals surface area contributed by atoms with E-state index < -0.39 is 0 Å². The lowest BCUT2D eigenvalue weighted by Crippen LogP contribution is -2.12. The highest BCUT2D eigenvalue weighted by atomic mass is 79.9. The number of carbonyl (C=O) groups excluding carboxylic acids is 1. The second-order valence-electron chi connectivity index (χ2n) is 5.74. The lowest BCUT2D eigenvalue weighted by molar-refractivity contribution is 0.102. The zero-order valence-electron chi connectivity index (χ0n) is 14.7. The van der Waals surface area contributed by atoms with E-state index in [-0.39, 0.29) is 5.91 Å². The van der Waals surface area contributed by atoms with Gasteiger partial charge in [0, 0.05) is 17.3 Å². The molecule has 0 aliphatic heterocycles. The number of hydrogen-bond acceptors (Lipinski definition) is 3. The molecule has 0 saturated carbocycles. The molecular weight excluding hydrogens is 382 g/mol. The fraction of sp³-hybridized carbons (Fsp3) is 0.350. The van der Waals surface area contributed by atoms with Crippen molar-refractivity contribution in [1.29, 1.82) is 0 Å². The van der Waals surface area contributed by atoms with Gasteiger partial charge in [-0.3, -0.25) is 4.79 Å². The van der Waals surface area contributed by atoms with E-state index in [4.69, 9.17) is 9.47 Å². The molecule has 2 aromatic carbocycles. The van der Waals surface area contributed by atoms with Gasteiger partial charge in [0.05, 0.1) is 18.2 Å². The van der Waals surface area contributed by atoms with Gasteiger partial charge in [-0.1, -0.05) is 32.3 Å². The molecule has 1 amide bonds. The van der Waals surface area contributed by atoms with Crippen LogP contribution < -0.4 is 14.8 Å². The van der Waals surface area contributed by atoms with Crippen molar-refractivity contribution in [2.75, 3.05) is 19.0 Å². The van der Waals surface area contributed by atoms with Gasteiger partial charge in [-0.15, -0.1) is 0 Å². The van der Waals surface area contributed by atoms with Gasteiger partial charge in [0.25, 0.3) is 5.91 Å². The van der Waals surface area contributed by atoms with E-state index in [1.165, 1.54) is 19.3 Å². The van der Waals surface area contributed by atoms with Crippen LogP contribution in [0.5, 0.6) is 11.5 Å². The number of carbonyl (C=O) groups is 1. The van der Waals surface area contributed by atoms with E-state index in [9.17, 15) is 4.79 Å². The van der Waals surface area contributed by atoms with Gasteiger partial charge in [0.1, 0.15) is 11.5 Å². The van der Waals surface area contributed by atoms with E-state index in [0.717, 1.165) is 16.6 Å². The second-order valence-corrected chi connectivity index (χ2v) is 6.59. The summed E-state index contributed by atoms with van der Waals surface area (Å²) in [5.41, 5.74) is 1.25. The molecule has 0 heterocycles. The van der Waals surface area contributed by atoms with Crippen LogP contribution in [0.4, 0.5) is 5.69 Å². The summed E-state index contributed by atoms with van der Waals surface area (Å²) in [7, 11) is 1.60. The fourth-order valence-electron chi connectivity index (χ4n) is 2.37. The molecule has 0 spiro atoms. The number of halogens is 1. The minimum atomic E-state index is -0.177. The predicted molar refractivity (Wildman–Crippen MR) is 105 cm³/mol. The van der Waals surface area contributed by atoms with Crippen molar-refractivity contribution in [1.82, 2.24) is 0 Å². The normalized spacial score (nSPS) is 10.4. The zero-order valence-corrected chi connectivity index (χ0v) is 16.3. The molecule has 0 fully saturated rings. The smallest absolute Gasteiger partial charge is 0.255 e. The summed E-state index contributed by atoms with van der Waals surface area (Å²) in [4.78, 5) is 12.4. The molecule has 2 rings (SSSR count). The average Bonchev–Trinajstić information content (AvgIpc) is 2.62. The summed E-state index contributed by atoms with van der Waals surface area (Å²) in [6, 6.07) is 12.6. The predicted octanol–water partition coefficient (Wildman–Crippen LogP) is 5.67. The summed E-state index contributed by atoms with van der Waals surface area (Å²) in [6.07, 6.45) is 4.65. The Morgan fingerprint density at radius 1 is 1.12 bits per heavy atom. The quantitative estimate of drug-likeness (QED) is 0.546. The summed E-state index contributed by atoms with van der Waals surface area (Å²) >= 11 is 3.48. The van der Waals surface area contributed by atoms with Crippen molar-refractivity contribution < 1.29 is 14.3 Å². The van der Waals surface area contributed by atoms with Gasteiger partial charge in [-0.25, -0.2) is 0 Å². The van der Waals surface area contributed by atoms with Crippen molar-refractivity contribution in [2.45, 2.75) is 32.6 Å². The first kappa shape index (κ1) is 19.3. The number of methoxy groups -OCH3 is 1. The van der Waals surface area contributed by atoms with E-state index in [2.05, 4.69) is 28.2 Å². The largest absolute Gasteiger partial charge is 0.497 e. The van der Waals surface area contributed by atoms with Gasteiger partial charge in [-0.2, -0.15) is 0 Å². The number of hydrogen-bond donors (Lipinski definition) is 1. The number of amides is 1. The molecular formula is C20H24BrNO3. The molecule has 25 heavy (non-hydrogen) atoms. The van der Waals surface area contributed by atoms with E-state index >= 15 is 0 Å². The van der Waals surface area contributed by atoms with Crippen LogP contribution in [0.2, 0.25) is 0 Å². The third-order valence-corrected chi connectivity index (χ3v) is 4.40. The summed E-state index contributed by atoms with van der Waals surface area (Å²) in [6.45, 7) is 2.88.